The minimum absolute atomic E-state index is 0.270. The largest absolute Gasteiger partial charge is 0.457 e. The van der Waals surface area contributed by atoms with Crippen molar-refractivity contribution in [3.63, 3.8) is 0 Å². The van der Waals surface area contributed by atoms with E-state index in [-0.39, 0.29) is 11.6 Å². The molecule has 8 nitrogen and oxygen atoms in total. The smallest absolute Gasteiger partial charge is 0.269 e. The van der Waals surface area contributed by atoms with Crippen LogP contribution in [0.1, 0.15) is 10.5 Å². The van der Waals surface area contributed by atoms with Crippen LogP contribution >= 0.6 is 0 Å². The van der Waals surface area contributed by atoms with E-state index in [0.717, 1.165) is 27.6 Å². The molecule has 3 aromatic heterocycles. The van der Waals surface area contributed by atoms with Crippen molar-refractivity contribution in [2.75, 3.05) is 12.4 Å². The number of nitrogens with zero attached hydrogens (tertiary/aromatic N) is 4. The van der Waals surface area contributed by atoms with E-state index in [4.69, 9.17) is 9.72 Å². The van der Waals surface area contributed by atoms with Gasteiger partial charge in [0, 0.05) is 44.0 Å². The third-order valence-electron chi connectivity index (χ3n) is 5.18. The van der Waals surface area contributed by atoms with E-state index < -0.39 is 0 Å². The summed E-state index contributed by atoms with van der Waals surface area (Å²) in [5, 5.41) is 8.03. The maximum atomic E-state index is 11.8. The van der Waals surface area contributed by atoms with Crippen LogP contribution in [0.15, 0.2) is 73.1 Å². The van der Waals surface area contributed by atoms with Crippen molar-refractivity contribution in [1.29, 1.82) is 0 Å². The number of hydrogen-bond donors (Lipinski definition) is 2. The number of hydrogen-bond acceptors (Lipinski definition) is 6. The van der Waals surface area contributed by atoms with Crippen molar-refractivity contribution in [2.45, 2.75) is 0 Å². The molecule has 0 radical (unpaired) electrons. The van der Waals surface area contributed by atoms with Crippen LogP contribution < -0.4 is 15.4 Å². The molecule has 8 heteroatoms. The molecular weight excluding hydrogens is 404 g/mol. The van der Waals surface area contributed by atoms with Crippen LogP contribution in [0.4, 0.5) is 11.8 Å². The van der Waals surface area contributed by atoms with Gasteiger partial charge in [0.05, 0.1) is 11.0 Å². The number of aryl methyl sites for hydroxylation is 1. The van der Waals surface area contributed by atoms with Gasteiger partial charge < -0.3 is 19.9 Å². The lowest BCUT2D eigenvalue weighted by Gasteiger charge is -2.08. The summed E-state index contributed by atoms with van der Waals surface area (Å²) in [6, 6.07) is 19.0. The second-order valence-corrected chi connectivity index (χ2v) is 7.21. The zero-order valence-corrected chi connectivity index (χ0v) is 17.5. The van der Waals surface area contributed by atoms with Gasteiger partial charge in [-0.05, 0) is 29.7 Å². The van der Waals surface area contributed by atoms with Gasteiger partial charge in [0.1, 0.15) is 23.0 Å². The van der Waals surface area contributed by atoms with Gasteiger partial charge in [0.2, 0.25) is 5.95 Å². The summed E-state index contributed by atoms with van der Waals surface area (Å²) >= 11 is 0. The zero-order valence-electron chi connectivity index (χ0n) is 17.5. The Hall–Kier alpha value is -4.46. The molecule has 3 heterocycles. The fourth-order valence-electron chi connectivity index (χ4n) is 3.54. The van der Waals surface area contributed by atoms with Crippen LogP contribution in [0.2, 0.25) is 0 Å². The van der Waals surface area contributed by atoms with Gasteiger partial charge in [-0.15, -0.1) is 0 Å². The predicted molar refractivity (Wildman–Crippen MR) is 123 cm³/mol. The number of imidazole rings is 1. The average Bonchev–Trinajstić information content (AvgIpc) is 3.13. The summed E-state index contributed by atoms with van der Waals surface area (Å²) in [6.45, 7) is 0. The van der Waals surface area contributed by atoms with Crippen molar-refractivity contribution in [3.05, 3.63) is 78.8 Å². The molecule has 0 saturated carbocycles. The molecule has 1 amide bonds. The summed E-state index contributed by atoms with van der Waals surface area (Å²) in [5.74, 6) is 2.28. The Morgan fingerprint density at radius 1 is 0.969 bits per heavy atom. The van der Waals surface area contributed by atoms with E-state index >= 15 is 0 Å². The fourth-order valence-corrected chi connectivity index (χ4v) is 3.54. The number of amides is 1. The minimum atomic E-state index is -0.270. The molecule has 2 aromatic carbocycles. The van der Waals surface area contributed by atoms with Gasteiger partial charge in [-0.25, -0.2) is 9.97 Å². The molecule has 0 aliphatic heterocycles. The summed E-state index contributed by atoms with van der Waals surface area (Å²) in [5.41, 5.74) is 2.01. The summed E-state index contributed by atoms with van der Waals surface area (Å²) in [4.78, 5) is 25.1. The number of carbonyl (C=O) groups is 1. The highest BCUT2D eigenvalue weighted by atomic mass is 16.5. The number of fused-ring (bicyclic) bond motifs is 2. The number of benzene rings is 2. The number of rotatable bonds is 5. The van der Waals surface area contributed by atoms with E-state index in [1.165, 1.54) is 0 Å². The van der Waals surface area contributed by atoms with Crippen LogP contribution in [0, 0.1) is 0 Å². The highest BCUT2D eigenvalue weighted by Gasteiger charge is 2.12. The Bertz CT molecular complexity index is 1450. The average molecular weight is 424 g/mol. The zero-order chi connectivity index (χ0) is 22.1. The summed E-state index contributed by atoms with van der Waals surface area (Å²) in [6.07, 6.45) is 3.32. The molecule has 0 aliphatic carbocycles. The number of carbonyl (C=O) groups excluding carboxylic acids is 1. The number of anilines is 2. The van der Waals surface area contributed by atoms with Crippen LogP contribution in [-0.2, 0) is 7.05 Å². The maximum absolute atomic E-state index is 11.8. The molecular formula is C24H20N6O2. The van der Waals surface area contributed by atoms with Gasteiger partial charge in [0.15, 0.2) is 0 Å². The van der Waals surface area contributed by atoms with E-state index in [1.807, 2.05) is 54.1 Å². The summed E-state index contributed by atoms with van der Waals surface area (Å²) in [7, 11) is 3.51. The van der Waals surface area contributed by atoms with E-state index in [2.05, 4.69) is 26.7 Å². The van der Waals surface area contributed by atoms with Crippen LogP contribution in [0.5, 0.6) is 11.5 Å². The minimum Gasteiger partial charge on any atom is -0.457 e. The Labute approximate surface area is 183 Å². The topological polar surface area (TPSA) is 94.0 Å². The Kier molecular flexibility index (Phi) is 4.87. The Balaban J connectivity index is 1.45. The van der Waals surface area contributed by atoms with E-state index in [0.29, 0.717) is 17.4 Å². The van der Waals surface area contributed by atoms with Crippen molar-refractivity contribution >= 4 is 39.5 Å². The maximum Gasteiger partial charge on any atom is 0.269 e. The summed E-state index contributed by atoms with van der Waals surface area (Å²) < 4.78 is 7.92. The van der Waals surface area contributed by atoms with Crippen molar-refractivity contribution < 1.29 is 9.53 Å². The molecule has 0 atom stereocenters. The van der Waals surface area contributed by atoms with Gasteiger partial charge in [-0.3, -0.25) is 9.78 Å². The number of aromatic nitrogens is 4. The van der Waals surface area contributed by atoms with Crippen LogP contribution in [-0.4, -0.2) is 32.5 Å². The molecule has 0 spiro atoms. The van der Waals surface area contributed by atoms with Gasteiger partial charge in [-0.1, -0.05) is 24.3 Å². The first-order valence-corrected chi connectivity index (χ1v) is 10.1. The van der Waals surface area contributed by atoms with E-state index in [1.54, 1.807) is 31.6 Å². The molecule has 5 aromatic rings. The Morgan fingerprint density at radius 3 is 2.66 bits per heavy atom. The first-order valence-electron chi connectivity index (χ1n) is 10.1. The SMILES string of the molecule is CNC(=O)c1cc(Oc2ccc3c(c2)nc(Nc2nccc4ccccc24)n3C)ccn1. The monoisotopic (exact) mass is 424 g/mol. The first kappa shape index (κ1) is 19.5. The second kappa shape index (κ2) is 7.99. The first-order chi connectivity index (χ1) is 15.6. The molecule has 5 rings (SSSR count). The number of ether oxygens (including phenoxy) is 1. The molecule has 32 heavy (non-hydrogen) atoms. The van der Waals surface area contributed by atoms with Crippen molar-refractivity contribution in [1.82, 2.24) is 24.8 Å². The second-order valence-electron chi connectivity index (χ2n) is 7.21. The van der Waals surface area contributed by atoms with Gasteiger partial charge in [0.25, 0.3) is 5.91 Å². The number of pyridine rings is 2. The van der Waals surface area contributed by atoms with Crippen molar-refractivity contribution in [2.24, 2.45) is 7.05 Å². The highest BCUT2D eigenvalue weighted by Crippen LogP contribution is 2.29. The van der Waals surface area contributed by atoms with E-state index in [9.17, 15) is 4.79 Å². The molecule has 158 valence electrons. The highest BCUT2D eigenvalue weighted by molar-refractivity contribution is 5.93. The molecule has 0 saturated heterocycles. The molecule has 0 unspecified atom stereocenters. The van der Waals surface area contributed by atoms with Crippen LogP contribution in [0.25, 0.3) is 21.8 Å². The molecule has 0 fully saturated rings. The lowest BCUT2D eigenvalue weighted by molar-refractivity contribution is 0.0958. The number of nitrogens with one attached hydrogen (secondary N) is 2. The lowest BCUT2D eigenvalue weighted by Crippen LogP contribution is -2.18. The third kappa shape index (κ3) is 3.58. The van der Waals surface area contributed by atoms with Crippen molar-refractivity contribution in [3.8, 4) is 11.5 Å². The van der Waals surface area contributed by atoms with Gasteiger partial charge in [-0.2, -0.15) is 0 Å². The Morgan fingerprint density at radius 2 is 1.78 bits per heavy atom. The predicted octanol–water partition coefficient (Wildman–Crippen LogP) is 4.41. The molecule has 0 bridgehead atoms. The lowest BCUT2D eigenvalue weighted by atomic mass is 10.1. The van der Waals surface area contributed by atoms with Gasteiger partial charge >= 0.3 is 0 Å². The molecule has 0 aliphatic rings. The standard InChI is InChI=1S/C24H20N6O2/c1-25-23(31)20-14-17(10-12-26-20)32-16-7-8-21-19(13-16)28-24(30(21)2)29-22-18-6-4-3-5-15(18)9-11-27-22/h3-14H,1-2H3,(H,25,31)(H,27,28,29). The quantitative estimate of drug-likeness (QED) is 0.434. The van der Waals surface area contributed by atoms with Crippen LogP contribution in [0.3, 0.4) is 0 Å². The third-order valence-corrected chi connectivity index (χ3v) is 5.18. The normalized spacial score (nSPS) is 10.9. The fraction of sp³-hybridized carbons (Fsp3) is 0.0833. The molecule has 2 N–H and O–H groups in total.